The molecule has 2 saturated heterocycles. The molecule has 27 heavy (non-hydrogen) atoms. The van der Waals surface area contributed by atoms with E-state index in [0.29, 0.717) is 25.0 Å². The number of rotatable bonds is 5. The minimum Gasteiger partial charge on any atom is -0.357 e. The van der Waals surface area contributed by atoms with Crippen molar-refractivity contribution >= 4 is 16.0 Å². The van der Waals surface area contributed by atoms with Gasteiger partial charge in [0.05, 0.1) is 25.2 Å². The maximum absolute atomic E-state index is 12.0. The average molecular weight is 397 g/mol. The first kappa shape index (κ1) is 20.1. The van der Waals surface area contributed by atoms with Crippen LogP contribution in [-0.4, -0.2) is 78.2 Å². The number of aromatic nitrogens is 2. The third kappa shape index (κ3) is 4.82. The molecule has 1 aromatic heterocycles. The molecule has 2 unspecified atom stereocenters. The molecule has 1 N–H and O–H groups in total. The predicted octanol–water partition coefficient (Wildman–Crippen LogP) is 1.16. The van der Waals surface area contributed by atoms with Gasteiger partial charge in [-0.25, -0.2) is 13.4 Å². The summed E-state index contributed by atoms with van der Waals surface area (Å²) in [4.78, 5) is 11.3. The summed E-state index contributed by atoms with van der Waals surface area (Å²) in [5, 5.41) is 3.39. The first-order valence-electron chi connectivity index (χ1n) is 9.87. The van der Waals surface area contributed by atoms with Crippen LogP contribution in [0, 0.1) is 5.92 Å². The van der Waals surface area contributed by atoms with Gasteiger partial charge in [0.1, 0.15) is 0 Å². The second kappa shape index (κ2) is 8.60. The number of sulfonamides is 1. The lowest BCUT2D eigenvalue weighted by molar-refractivity contribution is 0.188. The Bertz CT molecular complexity index is 733. The van der Waals surface area contributed by atoms with Gasteiger partial charge in [0.15, 0.2) is 5.96 Å². The lowest BCUT2D eigenvalue weighted by Crippen LogP contribution is -2.49. The van der Waals surface area contributed by atoms with Crippen molar-refractivity contribution in [3.63, 3.8) is 0 Å². The van der Waals surface area contributed by atoms with E-state index in [9.17, 15) is 8.42 Å². The number of hydrogen-bond donors (Lipinski definition) is 1. The topological polar surface area (TPSA) is 82.8 Å². The SMILES string of the molecule is CCNC(=NC[C@H]1CCCN1S(C)(=O)=O)N1CCC(C)C(n2ccnc2)C1. The van der Waals surface area contributed by atoms with Crippen LogP contribution in [0.5, 0.6) is 0 Å². The molecule has 8 nitrogen and oxygen atoms in total. The van der Waals surface area contributed by atoms with Gasteiger partial charge in [-0.05, 0) is 32.1 Å². The van der Waals surface area contributed by atoms with Gasteiger partial charge in [0, 0.05) is 44.6 Å². The molecule has 3 heterocycles. The number of hydrogen-bond acceptors (Lipinski definition) is 4. The highest BCUT2D eigenvalue weighted by Gasteiger charge is 2.32. The Morgan fingerprint density at radius 1 is 1.33 bits per heavy atom. The zero-order chi connectivity index (χ0) is 19.4. The van der Waals surface area contributed by atoms with Crippen molar-refractivity contribution in [3.05, 3.63) is 18.7 Å². The molecule has 0 aromatic carbocycles. The zero-order valence-electron chi connectivity index (χ0n) is 16.6. The molecule has 0 spiro atoms. The summed E-state index contributed by atoms with van der Waals surface area (Å²) < 4.78 is 27.7. The van der Waals surface area contributed by atoms with Gasteiger partial charge in [-0.2, -0.15) is 4.31 Å². The molecule has 0 amide bonds. The van der Waals surface area contributed by atoms with E-state index in [1.54, 1.807) is 4.31 Å². The lowest BCUT2D eigenvalue weighted by Gasteiger charge is -2.39. The number of guanidine groups is 1. The van der Waals surface area contributed by atoms with Gasteiger partial charge < -0.3 is 14.8 Å². The Morgan fingerprint density at radius 2 is 2.15 bits per heavy atom. The normalized spacial score (nSPS) is 27.9. The summed E-state index contributed by atoms with van der Waals surface area (Å²) >= 11 is 0. The smallest absolute Gasteiger partial charge is 0.211 e. The molecular formula is C18H32N6O2S. The van der Waals surface area contributed by atoms with E-state index in [0.717, 1.165) is 44.9 Å². The summed E-state index contributed by atoms with van der Waals surface area (Å²) in [6.07, 6.45) is 9.91. The molecule has 3 rings (SSSR count). The maximum atomic E-state index is 12.0. The fourth-order valence-electron chi connectivity index (χ4n) is 4.14. The average Bonchev–Trinajstić information content (AvgIpc) is 3.30. The van der Waals surface area contributed by atoms with Crippen LogP contribution >= 0.6 is 0 Å². The van der Waals surface area contributed by atoms with Crippen LogP contribution in [0.3, 0.4) is 0 Å². The molecule has 9 heteroatoms. The van der Waals surface area contributed by atoms with Gasteiger partial charge in [-0.1, -0.05) is 6.92 Å². The van der Waals surface area contributed by atoms with Crippen molar-refractivity contribution in [3.8, 4) is 0 Å². The van der Waals surface area contributed by atoms with E-state index in [-0.39, 0.29) is 6.04 Å². The van der Waals surface area contributed by atoms with Crippen LogP contribution in [0.15, 0.2) is 23.7 Å². The van der Waals surface area contributed by atoms with Crippen LogP contribution < -0.4 is 5.32 Å². The summed E-state index contributed by atoms with van der Waals surface area (Å²) in [5.74, 6) is 1.46. The third-order valence-corrected chi connectivity index (χ3v) is 6.99. The van der Waals surface area contributed by atoms with Crippen LogP contribution in [0.2, 0.25) is 0 Å². The summed E-state index contributed by atoms with van der Waals surface area (Å²) in [5.41, 5.74) is 0. The number of imidazole rings is 1. The molecule has 152 valence electrons. The van der Waals surface area contributed by atoms with Crippen molar-refractivity contribution in [2.75, 3.05) is 39.0 Å². The van der Waals surface area contributed by atoms with Crippen LogP contribution in [0.25, 0.3) is 0 Å². The maximum Gasteiger partial charge on any atom is 0.211 e. The number of nitrogens with one attached hydrogen (secondary N) is 1. The molecule has 0 saturated carbocycles. The molecule has 0 radical (unpaired) electrons. The quantitative estimate of drug-likeness (QED) is 0.596. The largest absolute Gasteiger partial charge is 0.357 e. The van der Waals surface area contributed by atoms with Crippen molar-refractivity contribution in [2.24, 2.45) is 10.9 Å². The fraction of sp³-hybridized carbons (Fsp3) is 0.778. The molecule has 0 aliphatic carbocycles. The molecule has 1 aromatic rings. The Kier molecular flexibility index (Phi) is 6.41. The fourth-order valence-corrected chi connectivity index (χ4v) is 5.32. The third-order valence-electron chi connectivity index (χ3n) is 5.66. The number of nitrogens with zero attached hydrogens (tertiary/aromatic N) is 5. The van der Waals surface area contributed by atoms with Gasteiger partial charge in [-0.15, -0.1) is 0 Å². The highest BCUT2D eigenvalue weighted by atomic mass is 32.2. The molecule has 3 atom stereocenters. The van der Waals surface area contributed by atoms with Crippen LogP contribution in [-0.2, 0) is 10.0 Å². The Morgan fingerprint density at radius 3 is 2.81 bits per heavy atom. The molecule has 2 fully saturated rings. The van der Waals surface area contributed by atoms with Crippen molar-refractivity contribution in [2.45, 2.75) is 45.2 Å². The van der Waals surface area contributed by atoms with Gasteiger partial charge in [0.2, 0.25) is 10.0 Å². The van der Waals surface area contributed by atoms with Crippen molar-refractivity contribution in [1.29, 1.82) is 0 Å². The van der Waals surface area contributed by atoms with Gasteiger partial charge in [0.25, 0.3) is 0 Å². The first-order chi connectivity index (χ1) is 12.9. The Balaban J connectivity index is 1.71. The lowest BCUT2D eigenvalue weighted by atomic mass is 9.93. The van der Waals surface area contributed by atoms with E-state index >= 15 is 0 Å². The minimum atomic E-state index is -3.16. The summed E-state index contributed by atoms with van der Waals surface area (Å²) in [7, 11) is -3.16. The molecule has 2 aliphatic heterocycles. The van der Waals surface area contributed by atoms with Crippen LogP contribution in [0.4, 0.5) is 0 Å². The summed E-state index contributed by atoms with van der Waals surface area (Å²) in [6, 6.07) is 0.339. The van der Waals surface area contributed by atoms with E-state index in [2.05, 4.69) is 33.6 Å². The van der Waals surface area contributed by atoms with Gasteiger partial charge >= 0.3 is 0 Å². The van der Waals surface area contributed by atoms with E-state index in [4.69, 9.17) is 4.99 Å². The Labute approximate surface area is 162 Å². The van der Waals surface area contributed by atoms with E-state index in [1.165, 1.54) is 6.26 Å². The highest BCUT2D eigenvalue weighted by Crippen LogP contribution is 2.27. The number of piperidine rings is 1. The molecule has 2 aliphatic rings. The van der Waals surface area contributed by atoms with E-state index in [1.807, 2.05) is 18.7 Å². The summed E-state index contributed by atoms with van der Waals surface area (Å²) in [6.45, 7) is 8.10. The van der Waals surface area contributed by atoms with Crippen molar-refractivity contribution in [1.82, 2.24) is 24.1 Å². The second-order valence-corrected chi connectivity index (χ2v) is 9.59. The van der Waals surface area contributed by atoms with E-state index < -0.39 is 10.0 Å². The number of likely N-dealkylation sites (tertiary alicyclic amines) is 1. The second-order valence-electron chi connectivity index (χ2n) is 7.65. The minimum absolute atomic E-state index is 0.0261. The first-order valence-corrected chi connectivity index (χ1v) is 11.7. The number of aliphatic imine (C=N–C) groups is 1. The Hall–Kier alpha value is -1.61. The highest BCUT2D eigenvalue weighted by molar-refractivity contribution is 7.88. The monoisotopic (exact) mass is 396 g/mol. The predicted molar refractivity (Wildman–Crippen MR) is 107 cm³/mol. The molecular weight excluding hydrogens is 364 g/mol. The molecule has 0 bridgehead atoms. The standard InChI is InChI=1S/C18H32N6O2S/c1-4-20-18(21-12-16-6-5-9-24(16)27(3,25)26)22-10-7-15(2)17(13-22)23-11-8-19-14-23/h8,11,14-17H,4-7,9-10,12-13H2,1-3H3,(H,20,21)/t15?,16-,17?/m1/s1. The zero-order valence-corrected chi connectivity index (χ0v) is 17.4. The van der Waals surface area contributed by atoms with Gasteiger partial charge in [-0.3, -0.25) is 4.99 Å². The van der Waals surface area contributed by atoms with Crippen molar-refractivity contribution < 1.29 is 8.42 Å². The van der Waals surface area contributed by atoms with Crippen LogP contribution in [0.1, 0.15) is 39.2 Å².